The molecule has 0 bridgehead atoms. The van der Waals surface area contributed by atoms with E-state index in [1.54, 1.807) is 0 Å². The summed E-state index contributed by atoms with van der Waals surface area (Å²) in [5.41, 5.74) is 6.57. The predicted molar refractivity (Wildman–Crippen MR) is 53.8 cm³/mol. The Labute approximate surface area is 82.0 Å². The fourth-order valence-corrected chi connectivity index (χ4v) is 1.77. The lowest BCUT2D eigenvalue weighted by Gasteiger charge is -2.04. The molecule has 1 aromatic heterocycles. The van der Waals surface area contributed by atoms with E-state index in [1.165, 1.54) is 11.3 Å². The molecule has 0 aliphatic heterocycles. The molecule has 0 fully saturated rings. The molecular weight excluding hydrogens is 184 g/mol. The summed E-state index contributed by atoms with van der Waals surface area (Å²) < 4.78 is 0. The number of carbonyl (C=O) groups excluding carboxylic acids is 1. The third kappa shape index (κ3) is 2.90. The average molecular weight is 198 g/mol. The molecule has 0 radical (unpaired) electrons. The third-order valence-electron chi connectivity index (χ3n) is 1.85. The minimum Gasteiger partial charge on any atom is -0.322 e. The van der Waals surface area contributed by atoms with Crippen LogP contribution in [0.2, 0.25) is 0 Å². The molecule has 0 aromatic carbocycles. The van der Waals surface area contributed by atoms with Crippen molar-refractivity contribution in [3.05, 3.63) is 16.1 Å². The molecule has 0 saturated carbocycles. The first-order chi connectivity index (χ1) is 6.13. The topological polar surface area (TPSA) is 56.0 Å². The van der Waals surface area contributed by atoms with Gasteiger partial charge in [-0.2, -0.15) is 0 Å². The van der Waals surface area contributed by atoms with Crippen LogP contribution in [-0.2, 0) is 11.2 Å². The molecule has 0 spiro atoms. The molecule has 1 heterocycles. The van der Waals surface area contributed by atoms with Crippen molar-refractivity contribution in [3.8, 4) is 0 Å². The number of thiazole rings is 1. The number of aryl methyl sites for hydroxylation is 1. The maximum atomic E-state index is 11.4. The van der Waals surface area contributed by atoms with Crippen LogP contribution in [0.5, 0.6) is 0 Å². The van der Waals surface area contributed by atoms with E-state index < -0.39 is 0 Å². The first-order valence-corrected chi connectivity index (χ1v) is 5.20. The van der Waals surface area contributed by atoms with Gasteiger partial charge in [-0.05, 0) is 13.3 Å². The van der Waals surface area contributed by atoms with E-state index in [4.69, 9.17) is 5.73 Å². The number of hydrogen-bond acceptors (Lipinski definition) is 4. The molecule has 1 atom stereocenters. The van der Waals surface area contributed by atoms with Crippen LogP contribution in [0.3, 0.4) is 0 Å². The van der Waals surface area contributed by atoms with Crippen LogP contribution < -0.4 is 5.73 Å². The summed E-state index contributed by atoms with van der Waals surface area (Å²) in [6, 6.07) is -0.329. The summed E-state index contributed by atoms with van der Waals surface area (Å²) in [5, 5.41) is 2.81. The van der Waals surface area contributed by atoms with Crippen molar-refractivity contribution in [2.45, 2.75) is 32.7 Å². The SMILES string of the molecule is CCC(N)C(=O)Cc1nc(C)cs1. The minimum atomic E-state index is -0.329. The Balaban J connectivity index is 2.54. The Morgan fingerprint density at radius 2 is 2.46 bits per heavy atom. The highest BCUT2D eigenvalue weighted by Gasteiger charge is 2.13. The van der Waals surface area contributed by atoms with Gasteiger partial charge in [-0.3, -0.25) is 4.79 Å². The third-order valence-corrected chi connectivity index (χ3v) is 2.81. The van der Waals surface area contributed by atoms with Crippen molar-refractivity contribution in [2.24, 2.45) is 5.73 Å². The molecule has 0 aliphatic carbocycles. The van der Waals surface area contributed by atoms with Crippen molar-refractivity contribution >= 4 is 17.1 Å². The summed E-state index contributed by atoms with van der Waals surface area (Å²) in [7, 11) is 0. The second-order valence-corrected chi connectivity index (χ2v) is 3.98. The van der Waals surface area contributed by atoms with Crippen LogP contribution in [0, 0.1) is 6.92 Å². The quantitative estimate of drug-likeness (QED) is 0.793. The highest BCUT2D eigenvalue weighted by atomic mass is 32.1. The molecule has 1 rings (SSSR count). The van der Waals surface area contributed by atoms with Crippen LogP contribution in [0.4, 0.5) is 0 Å². The van der Waals surface area contributed by atoms with Crippen LogP contribution in [-0.4, -0.2) is 16.8 Å². The average Bonchev–Trinajstić information content (AvgIpc) is 2.49. The maximum Gasteiger partial charge on any atom is 0.156 e. The summed E-state index contributed by atoms with van der Waals surface area (Å²) >= 11 is 1.52. The molecule has 72 valence electrons. The number of nitrogens with zero attached hydrogens (tertiary/aromatic N) is 1. The number of rotatable bonds is 4. The van der Waals surface area contributed by atoms with E-state index in [-0.39, 0.29) is 11.8 Å². The first kappa shape index (κ1) is 10.3. The zero-order valence-corrected chi connectivity index (χ0v) is 8.73. The number of carbonyl (C=O) groups is 1. The number of nitrogens with two attached hydrogens (primary N) is 1. The van der Waals surface area contributed by atoms with Gasteiger partial charge in [0.25, 0.3) is 0 Å². The van der Waals surface area contributed by atoms with E-state index >= 15 is 0 Å². The fraction of sp³-hybridized carbons (Fsp3) is 0.556. The molecule has 1 aromatic rings. The normalized spacial score (nSPS) is 12.8. The van der Waals surface area contributed by atoms with Crippen LogP contribution in [0.25, 0.3) is 0 Å². The second-order valence-electron chi connectivity index (χ2n) is 3.04. The van der Waals surface area contributed by atoms with Gasteiger partial charge < -0.3 is 5.73 Å². The van der Waals surface area contributed by atoms with E-state index in [0.717, 1.165) is 10.7 Å². The van der Waals surface area contributed by atoms with Gasteiger partial charge in [-0.1, -0.05) is 6.92 Å². The second kappa shape index (κ2) is 4.48. The largest absolute Gasteiger partial charge is 0.322 e. The van der Waals surface area contributed by atoms with E-state index in [9.17, 15) is 4.79 Å². The smallest absolute Gasteiger partial charge is 0.156 e. The van der Waals surface area contributed by atoms with Gasteiger partial charge in [0.2, 0.25) is 0 Å². The fourth-order valence-electron chi connectivity index (χ4n) is 0.992. The van der Waals surface area contributed by atoms with Crippen molar-refractivity contribution in [3.63, 3.8) is 0 Å². The highest BCUT2D eigenvalue weighted by molar-refractivity contribution is 7.09. The number of ketones is 1. The van der Waals surface area contributed by atoms with Crippen molar-refractivity contribution in [2.75, 3.05) is 0 Å². The summed E-state index contributed by atoms with van der Waals surface area (Å²) in [5.74, 6) is 0.0804. The molecule has 13 heavy (non-hydrogen) atoms. The molecule has 4 heteroatoms. The Kier molecular flexibility index (Phi) is 3.57. The van der Waals surface area contributed by atoms with Crippen LogP contribution in [0.15, 0.2) is 5.38 Å². The lowest BCUT2D eigenvalue weighted by Crippen LogP contribution is -2.30. The summed E-state index contributed by atoms with van der Waals surface area (Å²) in [4.78, 5) is 15.6. The Morgan fingerprint density at radius 3 is 2.92 bits per heavy atom. The molecule has 3 nitrogen and oxygen atoms in total. The number of Topliss-reactive ketones (excluding diaryl/α,β-unsaturated/α-hetero) is 1. The van der Waals surface area contributed by atoms with Gasteiger partial charge in [-0.25, -0.2) is 4.98 Å². The van der Waals surface area contributed by atoms with Crippen molar-refractivity contribution < 1.29 is 4.79 Å². The van der Waals surface area contributed by atoms with E-state index in [0.29, 0.717) is 12.8 Å². The first-order valence-electron chi connectivity index (χ1n) is 4.32. The highest BCUT2D eigenvalue weighted by Crippen LogP contribution is 2.10. The molecule has 0 saturated heterocycles. The van der Waals surface area contributed by atoms with Gasteiger partial charge >= 0.3 is 0 Å². The minimum absolute atomic E-state index is 0.0804. The molecule has 0 aliphatic rings. The molecule has 0 amide bonds. The Morgan fingerprint density at radius 1 is 1.77 bits per heavy atom. The lowest BCUT2D eigenvalue weighted by atomic mass is 10.1. The van der Waals surface area contributed by atoms with Gasteiger partial charge in [0.05, 0.1) is 12.5 Å². The van der Waals surface area contributed by atoms with Gasteiger partial charge in [0.15, 0.2) is 5.78 Å². The van der Waals surface area contributed by atoms with Gasteiger partial charge in [0, 0.05) is 11.1 Å². The van der Waals surface area contributed by atoms with Crippen LogP contribution >= 0.6 is 11.3 Å². The maximum absolute atomic E-state index is 11.4. The van der Waals surface area contributed by atoms with Gasteiger partial charge in [0.1, 0.15) is 5.01 Å². The summed E-state index contributed by atoms with van der Waals surface area (Å²) in [6.45, 7) is 3.83. The Bertz CT molecular complexity index is 296. The zero-order valence-electron chi connectivity index (χ0n) is 7.91. The van der Waals surface area contributed by atoms with Gasteiger partial charge in [-0.15, -0.1) is 11.3 Å². The molecule has 1 unspecified atom stereocenters. The molecular formula is C9H14N2OS. The molecule has 2 N–H and O–H groups in total. The Hall–Kier alpha value is -0.740. The predicted octanol–water partition coefficient (Wildman–Crippen LogP) is 1.30. The summed E-state index contributed by atoms with van der Waals surface area (Å²) in [6.07, 6.45) is 1.08. The van der Waals surface area contributed by atoms with Crippen molar-refractivity contribution in [1.29, 1.82) is 0 Å². The number of aromatic nitrogens is 1. The lowest BCUT2D eigenvalue weighted by molar-refractivity contribution is -0.119. The van der Waals surface area contributed by atoms with E-state index in [2.05, 4.69) is 4.98 Å². The van der Waals surface area contributed by atoms with Crippen molar-refractivity contribution in [1.82, 2.24) is 4.98 Å². The zero-order chi connectivity index (χ0) is 9.84. The number of hydrogen-bond donors (Lipinski definition) is 1. The van der Waals surface area contributed by atoms with E-state index in [1.807, 2.05) is 19.2 Å². The van der Waals surface area contributed by atoms with Crippen LogP contribution in [0.1, 0.15) is 24.0 Å². The monoisotopic (exact) mass is 198 g/mol. The standard InChI is InChI=1S/C9H14N2OS/c1-3-7(10)8(12)4-9-11-6(2)5-13-9/h5,7H,3-4,10H2,1-2H3.